The van der Waals surface area contributed by atoms with Gasteiger partial charge in [-0.1, -0.05) is 36.4 Å². The van der Waals surface area contributed by atoms with Gasteiger partial charge in [0.15, 0.2) is 6.61 Å². The number of carboxylic acids is 1. The minimum absolute atomic E-state index is 0.300. The van der Waals surface area contributed by atoms with Crippen LogP contribution in [0.25, 0.3) is 0 Å². The van der Waals surface area contributed by atoms with E-state index in [0.717, 1.165) is 12.8 Å². The Balaban J connectivity index is 1.77. The zero-order chi connectivity index (χ0) is 13.9. The maximum atomic E-state index is 10.5. The number of benzene rings is 2. The predicted molar refractivity (Wildman–Crippen MR) is 76.2 cm³/mol. The quantitative estimate of drug-likeness (QED) is 0.926. The van der Waals surface area contributed by atoms with E-state index in [0.29, 0.717) is 11.7 Å². The Kier molecular flexibility index (Phi) is 3.42. The van der Waals surface area contributed by atoms with Gasteiger partial charge in [-0.25, -0.2) is 4.79 Å². The lowest BCUT2D eigenvalue weighted by Gasteiger charge is -2.13. The average Bonchev–Trinajstić information content (AvgIpc) is 2.89. The molecule has 1 N–H and O–H groups in total. The minimum Gasteiger partial charge on any atom is -0.482 e. The van der Waals surface area contributed by atoms with Crippen molar-refractivity contribution in [1.82, 2.24) is 0 Å². The molecule has 0 amide bonds. The average molecular weight is 268 g/mol. The molecule has 0 radical (unpaired) electrons. The summed E-state index contributed by atoms with van der Waals surface area (Å²) < 4.78 is 5.15. The van der Waals surface area contributed by atoms with Crippen LogP contribution in [0.1, 0.15) is 29.0 Å². The number of hydrogen-bond donors (Lipinski definition) is 1. The van der Waals surface area contributed by atoms with Crippen molar-refractivity contribution in [3.63, 3.8) is 0 Å². The van der Waals surface area contributed by atoms with Crippen molar-refractivity contribution in [3.8, 4) is 5.75 Å². The Bertz CT molecular complexity index is 616. The van der Waals surface area contributed by atoms with Crippen LogP contribution in [0.3, 0.4) is 0 Å². The largest absolute Gasteiger partial charge is 0.482 e. The van der Waals surface area contributed by atoms with Gasteiger partial charge in [0.1, 0.15) is 5.75 Å². The van der Waals surface area contributed by atoms with Gasteiger partial charge in [-0.3, -0.25) is 0 Å². The first-order chi connectivity index (χ1) is 9.74. The smallest absolute Gasteiger partial charge is 0.341 e. The SMILES string of the molecule is O=C(O)COc1ccc([C@H]2CCc3ccccc32)cc1. The topological polar surface area (TPSA) is 46.5 Å². The van der Waals surface area contributed by atoms with Gasteiger partial charge in [-0.2, -0.15) is 0 Å². The summed E-state index contributed by atoms with van der Waals surface area (Å²) in [7, 11) is 0. The second-order valence-corrected chi connectivity index (χ2v) is 5.04. The summed E-state index contributed by atoms with van der Waals surface area (Å²) in [5, 5.41) is 8.59. The van der Waals surface area contributed by atoms with Crippen LogP contribution < -0.4 is 4.74 Å². The summed E-state index contributed by atoms with van der Waals surface area (Å²) in [6.07, 6.45) is 2.26. The molecule has 3 heteroatoms. The highest BCUT2D eigenvalue weighted by atomic mass is 16.5. The molecular weight excluding hydrogens is 252 g/mol. The number of carbonyl (C=O) groups is 1. The summed E-state index contributed by atoms with van der Waals surface area (Å²) in [6, 6.07) is 16.3. The first-order valence-electron chi connectivity index (χ1n) is 6.76. The van der Waals surface area contributed by atoms with Crippen molar-refractivity contribution in [2.24, 2.45) is 0 Å². The second-order valence-electron chi connectivity index (χ2n) is 5.04. The van der Waals surface area contributed by atoms with Crippen LogP contribution in [0.2, 0.25) is 0 Å². The highest BCUT2D eigenvalue weighted by Gasteiger charge is 2.23. The summed E-state index contributed by atoms with van der Waals surface area (Å²) >= 11 is 0. The Hall–Kier alpha value is -2.29. The van der Waals surface area contributed by atoms with Crippen molar-refractivity contribution in [3.05, 3.63) is 65.2 Å². The van der Waals surface area contributed by atoms with Crippen LogP contribution in [-0.2, 0) is 11.2 Å². The van der Waals surface area contributed by atoms with E-state index >= 15 is 0 Å². The van der Waals surface area contributed by atoms with Crippen LogP contribution >= 0.6 is 0 Å². The molecule has 102 valence electrons. The monoisotopic (exact) mass is 268 g/mol. The van der Waals surface area contributed by atoms with Crippen LogP contribution in [0, 0.1) is 0 Å². The van der Waals surface area contributed by atoms with Gasteiger partial charge in [0.05, 0.1) is 0 Å². The van der Waals surface area contributed by atoms with Gasteiger partial charge >= 0.3 is 5.97 Å². The van der Waals surface area contributed by atoms with Crippen LogP contribution in [0.5, 0.6) is 5.75 Å². The molecule has 0 spiro atoms. The van der Waals surface area contributed by atoms with Crippen molar-refractivity contribution in [1.29, 1.82) is 0 Å². The molecule has 2 aromatic rings. The molecule has 1 atom stereocenters. The Morgan fingerprint density at radius 1 is 1.15 bits per heavy atom. The van der Waals surface area contributed by atoms with Crippen molar-refractivity contribution < 1.29 is 14.6 Å². The van der Waals surface area contributed by atoms with E-state index in [4.69, 9.17) is 9.84 Å². The van der Waals surface area contributed by atoms with Crippen LogP contribution in [0.4, 0.5) is 0 Å². The maximum absolute atomic E-state index is 10.5. The zero-order valence-corrected chi connectivity index (χ0v) is 11.1. The van der Waals surface area contributed by atoms with E-state index in [-0.39, 0.29) is 6.61 Å². The summed E-state index contributed by atoms with van der Waals surface area (Å²) in [5.74, 6) is 0.0842. The van der Waals surface area contributed by atoms with Gasteiger partial charge in [-0.15, -0.1) is 0 Å². The molecular formula is C17H16O3. The number of hydrogen-bond acceptors (Lipinski definition) is 2. The van der Waals surface area contributed by atoms with Gasteiger partial charge in [-0.05, 0) is 41.7 Å². The third kappa shape index (κ3) is 2.52. The molecule has 0 heterocycles. The lowest BCUT2D eigenvalue weighted by molar-refractivity contribution is -0.139. The number of rotatable bonds is 4. The lowest BCUT2D eigenvalue weighted by Crippen LogP contribution is -2.09. The van der Waals surface area contributed by atoms with Crippen LogP contribution in [0.15, 0.2) is 48.5 Å². The van der Waals surface area contributed by atoms with Crippen molar-refractivity contribution in [2.45, 2.75) is 18.8 Å². The third-order valence-corrected chi connectivity index (χ3v) is 3.78. The second kappa shape index (κ2) is 5.37. The van der Waals surface area contributed by atoms with Gasteiger partial charge < -0.3 is 9.84 Å². The number of ether oxygens (including phenoxy) is 1. The first-order valence-corrected chi connectivity index (χ1v) is 6.76. The highest BCUT2D eigenvalue weighted by molar-refractivity contribution is 5.68. The summed E-state index contributed by atoms with van der Waals surface area (Å²) in [6.45, 7) is -0.300. The molecule has 0 saturated heterocycles. The fraction of sp³-hybridized carbons (Fsp3) is 0.235. The molecule has 0 aromatic heterocycles. The summed E-state index contributed by atoms with van der Waals surface area (Å²) in [4.78, 5) is 10.5. The lowest BCUT2D eigenvalue weighted by atomic mass is 9.93. The summed E-state index contributed by atoms with van der Waals surface area (Å²) in [5.41, 5.74) is 4.10. The molecule has 1 aliphatic rings. The molecule has 0 unspecified atom stereocenters. The zero-order valence-electron chi connectivity index (χ0n) is 11.1. The van der Waals surface area contributed by atoms with E-state index in [1.165, 1.54) is 16.7 Å². The molecule has 3 rings (SSSR count). The maximum Gasteiger partial charge on any atom is 0.341 e. The van der Waals surface area contributed by atoms with Gasteiger partial charge in [0.25, 0.3) is 0 Å². The minimum atomic E-state index is -0.959. The van der Waals surface area contributed by atoms with E-state index in [1.807, 2.05) is 24.3 Å². The molecule has 20 heavy (non-hydrogen) atoms. The fourth-order valence-electron chi connectivity index (χ4n) is 2.84. The van der Waals surface area contributed by atoms with E-state index < -0.39 is 5.97 Å². The Morgan fingerprint density at radius 2 is 1.90 bits per heavy atom. The molecule has 0 bridgehead atoms. The predicted octanol–water partition coefficient (Wildman–Crippen LogP) is 3.23. The van der Waals surface area contributed by atoms with Crippen molar-refractivity contribution in [2.75, 3.05) is 6.61 Å². The molecule has 2 aromatic carbocycles. The number of carboxylic acid groups (broad SMARTS) is 1. The van der Waals surface area contributed by atoms with Gasteiger partial charge in [0, 0.05) is 5.92 Å². The van der Waals surface area contributed by atoms with E-state index in [9.17, 15) is 4.79 Å². The Labute approximate surface area is 117 Å². The molecule has 0 saturated carbocycles. The van der Waals surface area contributed by atoms with E-state index in [1.54, 1.807) is 0 Å². The van der Waals surface area contributed by atoms with Gasteiger partial charge in [0.2, 0.25) is 0 Å². The van der Waals surface area contributed by atoms with E-state index in [2.05, 4.69) is 24.3 Å². The molecule has 3 nitrogen and oxygen atoms in total. The molecule has 0 fully saturated rings. The highest BCUT2D eigenvalue weighted by Crippen LogP contribution is 2.38. The Morgan fingerprint density at radius 3 is 2.65 bits per heavy atom. The standard InChI is InChI=1S/C17H16O3/c18-17(19)11-20-14-8-5-13(6-9-14)16-10-7-12-3-1-2-4-15(12)16/h1-6,8-9,16H,7,10-11H2,(H,18,19)/t16-/m1/s1. The number of fused-ring (bicyclic) bond motifs is 1. The number of aliphatic carboxylic acids is 1. The fourth-order valence-corrected chi connectivity index (χ4v) is 2.84. The molecule has 0 aliphatic heterocycles. The third-order valence-electron chi connectivity index (χ3n) is 3.78. The normalized spacial score (nSPS) is 16.7. The first kappa shape index (κ1) is 12.7. The number of aryl methyl sites for hydroxylation is 1. The van der Waals surface area contributed by atoms with Crippen molar-refractivity contribution >= 4 is 5.97 Å². The van der Waals surface area contributed by atoms with Crippen LogP contribution in [-0.4, -0.2) is 17.7 Å². The molecule has 1 aliphatic carbocycles.